The summed E-state index contributed by atoms with van der Waals surface area (Å²) in [5, 5.41) is 3.15. The van der Waals surface area contributed by atoms with Crippen LogP contribution >= 0.6 is 11.3 Å². The van der Waals surface area contributed by atoms with Gasteiger partial charge in [0.15, 0.2) is 9.84 Å². The van der Waals surface area contributed by atoms with Crippen molar-refractivity contribution < 1.29 is 8.42 Å². The van der Waals surface area contributed by atoms with Crippen molar-refractivity contribution in [2.24, 2.45) is 0 Å². The van der Waals surface area contributed by atoms with Crippen LogP contribution in [0.3, 0.4) is 0 Å². The molecule has 1 aliphatic heterocycles. The van der Waals surface area contributed by atoms with Gasteiger partial charge < -0.3 is 0 Å². The molecule has 0 spiro atoms. The zero-order valence-electron chi connectivity index (χ0n) is 11.7. The van der Waals surface area contributed by atoms with Gasteiger partial charge in [0, 0.05) is 16.7 Å². The summed E-state index contributed by atoms with van der Waals surface area (Å²) >= 11 is 1.63. The molecule has 0 bridgehead atoms. The maximum Gasteiger partial charge on any atom is 0.151 e. The minimum atomic E-state index is -2.84. The molecule has 2 aromatic rings. The maximum absolute atomic E-state index is 11.6. The van der Waals surface area contributed by atoms with Crippen molar-refractivity contribution in [2.75, 3.05) is 11.5 Å². The van der Waals surface area contributed by atoms with E-state index in [1.165, 1.54) is 5.56 Å². The molecule has 1 atom stereocenters. The Bertz CT molecular complexity index is 761. The van der Waals surface area contributed by atoms with Gasteiger partial charge in [-0.25, -0.2) is 13.4 Å². The quantitative estimate of drug-likeness (QED) is 0.873. The van der Waals surface area contributed by atoms with Gasteiger partial charge in [0.05, 0.1) is 22.2 Å². The summed E-state index contributed by atoms with van der Waals surface area (Å²) in [7, 11) is -2.84. The summed E-state index contributed by atoms with van der Waals surface area (Å²) in [6.07, 6.45) is 3.01. The number of sulfone groups is 1. The molecule has 21 heavy (non-hydrogen) atoms. The van der Waals surface area contributed by atoms with Crippen LogP contribution in [0.15, 0.2) is 35.7 Å². The van der Waals surface area contributed by atoms with Crippen LogP contribution < -0.4 is 0 Å². The molecule has 0 N–H and O–H groups in total. The van der Waals surface area contributed by atoms with E-state index in [1.807, 2.05) is 6.07 Å². The van der Waals surface area contributed by atoms with E-state index in [9.17, 15) is 8.42 Å². The van der Waals surface area contributed by atoms with E-state index in [-0.39, 0.29) is 17.1 Å². The molecule has 1 unspecified atom stereocenters. The van der Waals surface area contributed by atoms with E-state index in [4.69, 9.17) is 4.98 Å². The molecule has 4 rings (SSSR count). The van der Waals surface area contributed by atoms with Crippen molar-refractivity contribution >= 4 is 21.2 Å². The molecule has 1 saturated heterocycles. The van der Waals surface area contributed by atoms with Gasteiger partial charge in [0.1, 0.15) is 0 Å². The number of benzene rings is 1. The van der Waals surface area contributed by atoms with E-state index >= 15 is 0 Å². The van der Waals surface area contributed by atoms with E-state index < -0.39 is 9.84 Å². The van der Waals surface area contributed by atoms with Crippen LogP contribution in [0.2, 0.25) is 0 Å². The van der Waals surface area contributed by atoms with Crippen molar-refractivity contribution in [1.82, 2.24) is 4.98 Å². The van der Waals surface area contributed by atoms with Gasteiger partial charge in [0.2, 0.25) is 0 Å². The van der Waals surface area contributed by atoms with Crippen molar-refractivity contribution in [1.29, 1.82) is 0 Å². The minimum Gasteiger partial charge on any atom is -0.245 e. The Morgan fingerprint density at radius 2 is 1.95 bits per heavy atom. The number of hydrogen-bond donors (Lipinski definition) is 0. The number of hydrogen-bond acceptors (Lipinski definition) is 4. The smallest absolute Gasteiger partial charge is 0.151 e. The zero-order chi connectivity index (χ0) is 14.5. The van der Waals surface area contributed by atoms with Crippen molar-refractivity contribution in [3.63, 3.8) is 0 Å². The molecule has 1 aliphatic carbocycles. The summed E-state index contributed by atoms with van der Waals surface area (Å²) in [4.78, 5) is 4.82. The molecule has 2 fully saturated rings. The Kier molecular flexibility index (Phi) is 2.98. The van der Waals surface area contributed by atoms with Crippen molar-refractivity contribution in [3.8, 4) is 0 Å². The Morgan fingerprint density at radius 1 is 1.19 bits per heavy atom. The molecule has 1 aromatic heterocycles. The van der Waals surface area contributed by atoms with Gasteiger partial charge in [-0.15, -0.1) is 11.3 Å². The molecule has 110 valence electrons. The van der Waals surface area contributed by atoms with Gasteiger partial charge in [-0.1, -0.05) is 30.3 Å². The van der Waals surface area contributed by atoms with Crippen molar-refractivity contribution in [3.05, 3.63) is 52.0 Å². The second-order valence-corrected chi connectivity index (χ2v) is 9.24. The third-order valence-corrected chi connectivity index (χ3v) is 7.45. The Labute approximate surface area is 129 Å². The lowest BCUT2D eigenvalue weighted by Gasteiger charge is -2.13. The predicted octanol–water partition coefficient (Wildman–Crippen LogP) is 3.13. The third kappa shape index (κ3) is 2.32. The zero-order valence-corrected chi connectivity index (χ0v) is 13.3. The average molecular weight is 319 g/mol. The fourth-order valence-corrected chi connectivity index (χ4v) is 6.17. The molecular formula is C16H17NO2S2. The molecule has 1 saturated carbocycles. The summed E-state index contributed by atoms with van der Waals surface area (Å²) in [6, 6.07) is 10.5. The van der Waals surface area contributed by atoms with E-state index in [1.54, 1.807) is 11.3 Å². The lowest BCUT2D eigenvalue weighted by molar-refractivity contribution is 0.601. The fourth-order valence-electron chi connectivity index (χ4n) is 3.26. The van der Waals surface area contributed by atoms with Crippen LogP contribution in [0.1, 0.15) is 41.4 Å². The highest BCUT2D eigenvalue weighted by atomic mass is 32.2. The first-order chi connectivity index (χ1) is 10.1. The van der Waals surface area contributed by atoms with Crippen LogP contribution in [-0.2, 0) is 15.3 Å². The molecule has 3 nitrogen and oxygen atoms in total. The number of nitrogens with zero attached hydrogens (tertiary/aromatic N) is 1. The molecule has 1 aromatic carbocycles. The van der Waals surface area contributed by atoms with E-state index in [0.29, 0.717) is 5.75 Å². The summed E-state index contributed by atoms with van der Waals surface area (Å²) in [5.41, 5.74) is 2.56. The second kappa shape index (κ2) is 4.65. The highest BCUT2D eigenvalue weighted by Gasteiger charge is 2.48. The number of rotatable bonds is 3. The lowest BCUT2D eigenvalue weighted by atomic mass is 9.93. The van der Waals surface area contributed by atoms with Crippen LogP contribution in [-0.4, -0.2) is 24.9 Å². The second-order valence-electron chi connectivity index (χ2n) is 6.12. The van der Waals surface area contributed by atoms with Gasteiger partial charge in [-0.05, 0) is 24.8 Å². The Morgan fingerprint density at radius 3 is 2.57 bits per heavy atom. The first-order valence-electron chi connectivity index (χ1n) is 7.31. The topological polar surface area (TPSA) is 47.0 Å². The lowest BCUT2D eigenvalue weighted by Crippen LogP contribution is -2.10. The van der Waals surface area contributed by atoms with E-state index in [2.05, 4.69) is 29.6 Å². The monoisotopic (exact) mass is 319 g/mol. The normalized spacial score (nSPS) is 25.8. The molecule has 5 heteroatoms. The Hall–Kier alpha value is -1.20. The fraction of sp³-hybridized carbons (Fsp3) is 0.438. The largest absolute Gasteiger partial charge is 0.245 e. The predicted molar refractivity (Wildman–Crippen MR) is 84.6 cm³/mol. The third-order valence-electron chi connectivity index (χ3n) is 4.67. The van der Waals surface area contributed by atoms with Crippen LogP contribution in [0, 0.1) is 0 Å². The van der Waals surface area contributed by atoms with Crippen LogP contribution in [0.25, 0.3) is 0 Å². The van der Waals surface area contributed by atoms with E-state index in [0.717, 1.165) is 30.0 Å². The molecule has 0 amide bonds. The van der Waals surface area contributed by atoms with Crippen LogP contribution in [0.4, 0.5) is 0 Å². The number of aromatic nitrogens is 1. The SMILES string of the molecule is O=S1(=O)CCC(c2nc(C3(c4ccccc4)CC3)cs2)C1. The molecule has 0 radical (unpaired) electrons. The maximum atomic E-state index is 11.6. The minimum absolute atomic E-state index is 0.0908. The highest BCUT2D eigenvalue weighted by Crippen LogP contribution is 2.53. The standard InChI is InChI=1S/C16H17NO2S2/c18-21(19)9-6-12(11-21)15-17-14(10-20-15)16(7-8-16)13-4-2-1-3-5-13/h1-5,10,12H,6-9,11H2. The first kappa shape index (κ1) is 13.5. The summed E-state index contributed by atoms with van der Waals surface area (Å²) in [6.45, 7) is 0. The first-order valence-corrected chi connectivity index (χ1v) is 10.0. The van der Waals surface area contributed by atoms with Crippen molar-refractivity contribution in [2.45, 2.75) is 30.6 Å². The van der Waals surface area contributed by atoms with Gasteiger partial charge in [-0.2, -0.15) is 0 Å². The van der Waals surface area contributed by atoms with Gasteiger partial charge in [0.25, 0.3) is 0 Å². The Balaban J connectivity index is 1.64. The van der Waals surface area contributed by atoms with Gasteiger partial charge in [-0.3, -0.25) is 0 Å². The molecule has 2 aliphatic rings. The number of thiazole rings is 1. The highest BCUT2D eigenvalue weighted by molar-refractivity contribution is 7.91. The van der Waals surface area contributed by atoms with Gasteiger partial charge >= 0.3 is 0 Å². The molecule has 2 heterocycles. The van der Waals surface area contributed by atoms with Crippen LogP contribution in [0.5, 0.6) is 0 Å². The molecular weight excluding hydrogens is 302 g/mol. The summed E-state index contributed by atoms with van der Waals surface area (Å²) < 4.78 is 23.3. The average Bonchev–Trinajstić information content (AvgIpc) is 2.99. The summed E-state index contributed by atoms with van der Waals surface area (Å²) in [5.74, 6) is 0.703.